The minimum Gasteiger partial charge on any atom is -0.384 e. The van der Waals surface area contributed by atoms with E-state index in [4.69, 9.17) is 16.9 Å². The van der Waals surface area contributed by atoms with E-state index < -0.39 is 11.5 Å². The molecule has 38 heavy (non-hydrogen) atoms. The molecule has 1 N–H and O–H groups in total. The molecule has 196 valence electrons. The Morgan fingerprint density at radius 2 is 1.76 bits per heavy atom. The van der Waals surface area contributed by atoms with Gasteiger partial charge in [0, 0.05) is 55.8 Å². The monoisotopic (exact) mass is 534 g/mol. The first-order valence-corrected chi connectivity index (χ1v) is 13.0. The molecule has 5 atom stereocenters. The number of anilines is 1. The van der Waals surface area contributed by atoms with Crippen LogP contribution in [0.1, 0.15) is 36.7 Å². The van der Waals surface area contributed by atoms with Crippen LogP contribution in [-0.2, 0) is 10.4 Å². The number of rotatable bonds is 4. The van der Waals surface area contributed by atoms with Crippen LogP contribution < -0.4 is 4.90 Å². The fourth-order valence-electron chi connectivity index (χ4n) is 5.90. The van der Waals surface area contributed by atoms with Gasteiger partial charge in [-0.05, 0) is 42.0 Å². The molecule has 0 radical (unpaired) electrons. The fraction of sp³-hybridized carbons (Fsp3) is 0.393. The average molecular weight is 535 g/mol. The van der Waals surface area contributed by atoms with E-state index in [9.17, 15) is 14.3 Å². The summed E-state index contributed by atoms with van der Waals surface area (Å²) in [5.74, 6) is -0.938. The van der Waals surface area contributed by atoms with Crippen LogP contribution >= 0.6 is 11.6 Å². The zero-order valence-corrected chi connectivity index (χ0v) is 21.9. The number of pyridine rings is 1. The highest BCUT2D eigenvalue weighted by Crippen LogP contribution is 2.43. The van der Waals surface area contributed by atoms with E-state index in [0.29, 0.717) is 42.6 Å². The molecule has 2 aliphatic rings. The summed E-state index contributed by atoms with van der Waals surface area (Å²) < 4.78 is 13.5. The molecule has 2 aliphatic heterocycles. The number of hydrogen-bond donors (Lipinski definition) is 1. The SMILES string of the molecule is C[C@@H]1CN(C(=O)[C@@H]2CN(c3ccc(C#N)nn3)C[C@H]2c2ccc(Cl)cn2)C[C@H](C)C1(O)c1ccc(F)cc1. The van der Waals surface area contributed by atoms with Gasteiger partial charge in [-0.15, -0.1) is 10.2 Å². The number of carbonyl (C=O) groups is 1. The maximum absolute atomic E-state index is 14.0. The summed E-state index contributed by atoms with van der Waals surface area (Å²) in [7, 11) is 0. The zero-order valence-electron chi connectivity index (χ0n) is 21.1. The number of benzene rings is 1. The van der Waals surface area contributed by atoms with Crippen molar-refractivity contribution in [3.05, 3.63) is 82.5 Å². The van der Waals surface area contributed by atoms with Crippen molar-refractivity contribution in [3.63, 3.8) is 0 Å². The van der Waals surface area contributed by atoms with Gasteiger partial charge in [0.1, 0.15) is 11.9 Å². The summed E-state index contributed by atoms with van der Waals surface area (Å²) in [6.45, 7) is 5.49. The second-order valence-electron chi connectivity index (χ2n) is 10.3. The minimum atomic E-state index is -1.18. The van der Waals surface area contributed by atoms with E-state index in [1.807, 2.05) is 35.8 Å². The predicted molar refractivity (Wildman–Crippen MR) is 140 cm³/mol. The first-order valence-electron chi connectivity index (χ1n) is 12.6. The second-order valence-corrected chi connectivity index (χ2v) is 10.7. The fourth-order valence-corrected chi connectivity index (χ4v) is 6.01. The van der Waals surface area contributed by atoms with E-state index in [0.717, 1.165) is 5.69 Å². The quantitative estimate of drug-likeness (QED) is 0.543. The molecule has 1 amide bonds. The smallest absolute Gasteiger partial charge is 0.228 e. The zero-order chi connectivity index (χ0) is 27.0. The van der Waals surface area contributed by atoms with E-state index >= 15 is 0 Å². The number of piperidine rings is 1. The Labute approximate surface area is 225 Å². The minimum absolute atomic E-state index is 0.0179. The normalized spacial score (nSPS) is 27.3. The standard InChI is InChI=1S/C28H28ClFN6O2/c1-17-13-36(14-18(2)28(17,38)19-3-6-21(30)7-4-19)27(37)24-16-35(26-10-8-22(11-31)33-34-26)15-23(24)25-9-5-20(29)12-32-25/h3-10,12,17-18,23-24,38H,13-16H2,1-2H3/t17-,18+,23-,24-,28?/m1/s1. The van der Waals surface area contributed by atoms with Gasteiger partial charge in [0.05, 0.1) is 16.5 Å². The van der Waals surface area contributed by atoms with Crippen LogP contribution in [0.5, 0.6) is 0 Å². The number of nitriles is 1. The van der Waals surface area contributed by atoms with E-state index in [-0.39, 0.29) is 35.2 Å². The second kappa shape index (κ2) is 10.3. The highest BCUT2D eigenvalue weighted by atomic mass is 35.5. The lowest BCUT2D eigenvalue weighted by molar-refractivity contribution is -0.152. The molecule has 2 fully saturated rings. The van der Waals surface area contributed by atoms with Crippen molar-refractivity contribution in [2.75, 3.05) is 31.1 Å². The molecule has 4 heterocycles. The Morgan fingerprint density at radius 1 is 1.05 bits per heavy atom. The van der Waals surface area contributed by atoms with Crippen molar-refractivity contribution in [2.45, 2.75) is 25.4 Å². The summed E-state index contributed by atoms with van der Waals surface area (Å²) in [4.78, 5) is 22.4. The first kappa shape index (κ1) is 26.0. The topological polar surface area (TPSA) is 106 Å². The lowest BCUT2D eigenvalue weighted by atomic mass is 9.70. The van der Waals surface area contributed by atoms with Crippen LogP contribution in [0.3, 0.4) is 0 Å². The van der Waals surface area contributed by atoms with Crippen molar-refractivity contribution >= 4 is 23.3 Å². The van der Waals surface area contributed by atoms with Gasteiger partial charge in [-0.25, -0.2) is 4.39 Å². The lowest BCUT2D eigenvalue weighted by Crippen LogP contribution is -2.57. The van der Waals surface area contributed by atoms with Crippen molar-refractivity contribution < 1.29 is 14.3 Å². The van der Waals surface area contributed by atoms with E-state index in [1.165, 1.54) is 12.1 Å². The predicted octanol–water partition coefficient (Wildman–Crippen LogP) is 3.76. The van der Waals surface area contributed by atoms with Crippen molar-refractivity contribution in [3.8, 4) is 6.07 Å². The van der Waals surface area contributed by atoms with Crippen LogP contribution in [0.25, 0.3) is 0 Å². The third-order valence-corrected chi connectivity index (χ3v) is 8.19. The highest BCUT2D eigenvalue weighted by Gasteiger charge is 2.49. The van der Waals surface area contributed by atoms with Crippen molar-refractivity contribution in [1.82, 2.24) is 20.1 Å². The van der Waals surface area contributed by atoms with Crippen LogP contribution in [0.4, 0.5) is 10.2 Å². The van der Waals surface area contributed by atoms with E-state index in [1.54, 1.807) is 36.5 Å². The van der Waals surface area contributed by atoms with Gasteiger partial charge in [-0.1, -0.05) is 37.6 Å². The number of carbonyl (C=O) groups excluding carboxylic acids is 1. The summed E-state index contributed by atoms with van der Waals surface area (Å²) in [6, 6.07) is 14.9. The Balaban J connectivity index is 1.40. The number of nitrogens with zero attached hydrogens (tertiary/aromatic N) is 6. The molecule has 1 unspecified atom stereocenters. The molecule has 0 spiro atoms. The molecule has 2 saturated heterocycles. The van der Waals surface area contributed by atoms with Crippen LogP contribution in [0.2, 0.25) is 5.02 Å². The number of likely N-dealkylation sites (tertiary alicyclic amines) is 1. The van der Waals surface area contributed by atoms with Crippen LogP contribution in [0, 0.1) is 34.9 Å². The number of hydrogen-bond acceptors (Lipinski definition) is 7. The summed E-state index contributed by atoms with van der Waals surface area (Å²) >= 11 is 6.07. The highest BCUT2D eigenvalue weighted by molar-refractivity contribution is 6.30. The Morgan fingerprint density at radius 3 is 2.34 bits per heavy atom. The van der Waals surface area contributed by atoms with Gasteiger partial charge in [0.2, 0.25) is 5.91 Å². The molecular formula is C28H28ClFN6O2. The van der Waals surface area contributed by atoms with Crippen LogP contribution in [-0.4, -0.2) is 57.3 Å². The summed E-state index contributed by atoms with van der Waals surface area (Å²) in [5, 5.41) is 29.4. The average Bonchev–Trinajstić information content (AvgIpc) is 3.37. The maximum atomic E-state index is 14.0. The van der Waals surface area contributed by atoms with Gasteiger partial charge in [0.25, 0.3) is 0 Å². The Kier molecular flexibility index (Phi) is 7.03. The van der Waals surface area contributed by atoms with Gasteiger partial charge >= 0.3 is 0 Å². The third kappa shape index (κ3) is 4.70. The number of halogens is 2. The molecule has 0 bridgehead atoms. The first-order chi connectivity index (χ1) is 18.2. The van der Waals surface area contributed by atoms with Crippen molar-refractivity contribution in [2.24, 2.45) is 17.8 Å². The molecule has 2 aromatic heterocycles. The van der Waals surface area contributed by atoms with Gasteiger partial charge in [-0.2, -0.15) is 5.26 Å². The molecule has 8 nitrogen and oxygen atoms in total. The lowest BCUT2D eigenvalue weighted by Gasteiger charge is -2.48. The molecule has 10 heteroatoms. The van der Waals surface area contributed by atoms with Gasteiger partial charge in [-0.3, -0.25) is 9.78 Å². The molecular weight excluding hydrogens is 507 g/mol. The Hall–Kier alpha value is -3.61. The molecule has 3 aromatic rings. The molecule has 0 saturated carbocycles. The number of aliphatic hydroxyl groups is 1. The van der Waals surface area contributed by atoms with Crippen molar-refractivity contribution in [1.29, 1.82) is 5.26 Å². The van der Waals surface area contributed by atoms with E-state index in [2.05, 4.69) is 15.2 Å². The Bertz CT molecular complexity index is 1330. The molecule has 1 aromatic carbocycles. The number of aromatic nitrogens is 3. The van der Waals surface area contributed by atoms with Crippen LogP contribution in [0.15, 0.2) is 54.7 Å². The largest absolute Gasteiger partial charge is 0.384 e. The summed E-state index contributed by atoms with van der Waals surface area (Å²) in [6.07, 6.45) is 1.58. The maximum Gasteiger partial charge on any atom is 0.228 e. The van der Waals surface area contributed by atoms with Gasteiger partial charge < -0.3 is 14.9 Å². The number of amides is 1. The van der Waals surface area contributed by atoms with Gasteiger partial charge in [0.15, 0.2) is 11.5 Å². The molecule has 0 aliphatic carbocycles. The molecule has 5 rings (SSSR count). The third-order valence-electron chi connectivity index (χ3n) is 7.97. The summed E-state index contributed by atoms with van der Waals surface area (Å²) in [5.41, 5.74) is 0.460.